The summed E-state index contributed by atoms with van der Waals surface area (Å²) in [5.74, 6) is 0.869. The maximum Gasteiger partial charge on any atom is 0.126 e. The Labute approximate surface area is 90.6 Å². The van der Waals surface area contributed by atoms with E-state index in [1.165, 1.54) is 0 Å². The second-order valence-electron chi connectivity index (χ2n) is 3.16. The van der Waals surface area contributed by atoms with Gasteiger partial charge in [0.05, 0.1) is 12.3 Å². The number of ether oxygens (including phenoxy) is 2. The van der Waals surface area contributed by atoms with Crippen LogP contribution in [0.25, 0.3) is 0 Å². The first kappa shape index (κ1) is 11.9. The molecular weight excluding hydrogens is 192 g/mol. The van der Waals surface area contributed by atoms with E-state index in [0.29, 0.717) is 13.2 Å². The zero-order valence-electron chi connectivity index (χ0n) is 9.32. The number of nitrogens with zero attached hydrogens (tertiary/aromatic N) is 1. The van der Waals surface area contributed by atoms with Crippen molar-refractivity contribution in [1.29, 1.82) is 0 Å². The van der Waals surface area contributed by atoms with Crippen LogP contribution in [0.5, 0.6) is 0 Å². The average molecular weight is 210 g/mol. The van der Waals surface area contributed by atoms with E-state index >= 15 is 0 Å². The Balaban J connectivity index is 2.24. The van der Waals surface area contributed by atoms with Gasteiger partial charge in [0, 0.05) is 27.4 Å². The van der Waals surface area contributed by atoms with E-state index in [9.17, 15) is 0 Å². The maximum absolute atomic E-state index is 5.45. The van der Waals surface area contributed by atoms with Gasteiger partial charge < -0.3 is 14.8 Å². The lowest BCUT2D eigenvalue weighted by Crippen LogP contribution is -2.02. The van der Waals surface area contributed by atoms with Crippen LogP contribution in [-0.4, -0.2) is 32.4 Å². The highest BCUT2D eigenvalue weighted by Gasteiger charge is 1.96. The summed E-state index contributed by atoms with van der Waals surface area (Å²) in [6, 6.07) is 5.85. The Kier molecular flexibility index (Phi) is 5.73. The molecule has 0 unspecified atom stereocenters. The van der Waals surface area contributed by atoms with Crippen molar-refractivity contribution in [3.05, 3.63) is 23.9 Å². The van der Waals surface area contributed by atoms with E-state index in [-0.39, 0.29) is 0 Å². The van der Waals surface area contributed by atoms with E-state index < -0.39 is 0 Å². The standard InChI is InChI=1S/C11H18N2O2/c1-12-11-6-3-5-10(13-11)9-15-8-4-7-14-2/h3,5-6H,4,7-9H2,1-2H3,(H,12,13). The van der Waals surface area contributed by atoms with Gasteiger partial charge in [-0.05, 0) is 18.6 Å². The molecule has 0 aliphatic rings. The summed E-state index contributed by atoms with van der Waals surface area (Å²) in [6.45, 7) is 2.00. The molecule has 0 saturated heterocycles. The Morgan fingerprint density at radius 3 is 2.93 bits per heavy atom. The summed E-state index contributed by atoms with van der Waals surface area (Å²) in [7, 11) is 3.55. The summed E-state index contributed by atoms with van der Waals surface area (Å²) >= 11 is 0. The summed E-state index contributed by atoms with van der Waals surface area (Å²) in [4.78, 5) is 4.34. The van der Waals surface area contributed by atoms with Gasteiger partial charge in [0.25, 0.3) is 0 Å². The van der Waals surface area contributed by atoms with E-state index in [2.05, 4.69) is 10.3 Å². The minimum Gasteiger partial charge on any atom is -0.385 e. The molecule has 0 aliphatic heterocycles. The van der Waals surface area contributed by atoms with Crippen molar-refractivity contribution < 1.29 is 9.47 Å². The summed E-state index contributed by atoms with van der Waals surface area (Å²) in [5.41, 5.74) is 0.944. The van der Waals surface area contributed by atoms with Gasteiger partial charge in [-0.2, -0.15) is 0 Å². The first-order chi connectivity index (χ1) is 7.36. The molecule has 1 N–H and O–H groups in total. The van der Waals surface area contributed by atoms with Crippen molar-refractivity contribution in [2.75, 3.05) is 32.7 Å². The minimum atomic E-state index is 0.555. The SMILES string of the molecule is CNc1cccc(COCCCOC)n1. The summed E-state index contributed by atoms with van der Waals surface area (Å²) in [5, 5.41) is 2.99. The van der Waals surface area contributed by atoms with Crippen molar-refractivity contribution in [2.24, 2.45) is 0 Å². The predicted octanol–water partition coefficient (Wildman–Crippen LogP) is 1.68. The quantitative estimate of drug-likeness (QED) is 0.695. The van der Waals surface area contributed by atoms with Crippen LogP contribution in [0.3, 0.4) is 0 Å². The van der Waals surface area contributed by atoms with Crippen LogP contribution in [0.15, 0.2) is 18.2 Å². The fraction of sp³-hybridized carbons (Fsp3) is 0.545. The van der Waals surface area contributed by atoms with Crippen LogP contribution in [0.2, 0.25) is 0 Å². The number of hydrogen-bond acceptors (Lipinski definition) is 4. The Morgan fingerprint density at radius 1 is 1.33 bits per heavy atom. The molecule has 1 aromatic rings. The van der Waals surface area contributed by atoms with Crippen LogP contribution >= 0.6 is 0 Å². The molecule has 0 aliphatic carbocycles. The van der Waals surface area contributed by atoms with Gasteiger partial charge in [0.2, 0.25) is 0 Å². The fourth-order valence-corrected chi connectivity index (χ4v) is 1.18. The molecule has 0 bridgehead atoms. The molecule has 0 spiro atoms. The molecule has 84 valence electrons. The highest BCUT2D eigenvalue weighted by atomic mass is 16.5. The number of methoxy groups -OCH3 is 1. The second kappa shape index (κ2) is 7.20. The molecule has 0 radical (unpaired) electrons. The van der Waals surface area contributed by atoms with Gasteiger partial charge in [0.1, 0.15) is 5.82 Å². The molecule has 0 atom stereocenters. The largest absolute Gasteiger partial charge is 0.385 e. The smallest absolute Gasteiger partial charge is 0.126 e. The fourth-order valence-electron chi connectivity index (χ4n) is 1.18. The highest BCUT2D eigenvalue weighted by Crippen LogP contribution is 2.04. The van der Waals surface area contributed by atoms with Gasteiger partial charge in [0.15, 0.2) is 0 Å². The van der Waals surface area contributed by atoms with E-state index in [1.807, 2.05) is 25.2 Å². The average Bonchev–Trinajstić information content (AvgIpc) is 2.29. The maximum atomic E-state index is 5.45. The molecule has 0 aromatic carbocycles. The van der Waals surface area contributed by atoms with E-state index in [0.717, 1.165) is 24.5 Å². The molecule has 1 aromatic heterocycles. The predicted molar refractivity (Wildman–Crippen MR) is 59.9 cm³/mol. The number of hydrogen-bond donors (Lipinski definition) is 1. The van der Waals surface area contributed by atoms with Crippen LogP contribution < -0.4 is 5.32 Å². The Hall–Kier alpha value is -1.13. The van der Waals surface area contributed by atoms with Crippen molar-refractivity contribution in [2.45, 2.75) is 13.0 Å². The molecule has 0 saturated carbocycles. The third-order valence-electron chi connectivity index (χ3n) is 1.95. The number of pyridine rings is 1. The second-order valence-corrected chi connectivity index (χ2v) is 3.16. The zero-order chi connectivity index (χ0) is 10.9. The normalized spacial score (nSPS) is 10.3. The van der Waals surface area contributed by atoms with Crippen LogP contribution in [0.4, 0.5) is 5.82 Å². The summed E-state index contributed by atoms with van der Waals surface area (Å²) in [6.07, 6.45) is 0.919. The summed E-state index contributed by atoms with van der Waals surface area (Å²) < 4.78 is 10.4. The van der Waals surface area contributed by atoms with Crippen LogP contribution in [0.1, 0.15) is 12.1 Å². The third kappa shape index (κ3) is 4.76. The van der Waals surface area contributed by atoms with E-state index in [1.54, 1.807) is 7.11 Å². The van der Waals surface area contributed by atoms with Crippen LogP contribution in [0, 0.1) is 0 Å². The Morgan fingerprint density at radius 2 is 2.20 bits per heavy atom. The lowest BCUT2D eigenvalue weighted by atomic mass is 10.3. The lowest BCUT2D eigenvalue weighted by Gasteiger charge is -2.05. The molecule has 1 heterocycles. The van der Waals surface area contributed by atoms with Crippen LogP contribution in [-0.2, 0) is 16.1 Å². The van der Waals surface area contributed by atoms with Gasteiger partial charge in [-0.1, -0.05) is 6.07 Å². The van der Waals surface area contributed by atoms with Gasteiger partial charge in [-0.25, -0.2) is 4.98 Å². The molecule has 1 rings (SSSR count). The number of anilines is 1. The molecule has 4 heteroatoms. The molecule has 0 fully saturated rings. The third-order valence-corrected chi connectivity index (χ3v) is 1.95. The zero-order valence-corrected chi connectivity index (χ0v) is 9.32. The van der Waals surface area contributed by atoms with E-state index in [4.69, 9.17) is 9.47 Å². The van der Waals surface area contributed by atoms with Crippen molar-refractivity contribution in [3.8, 4) is 0 Å². The monoisotopic (exact) mass is 210 g/mol. The minimum absolute atomic E-state index is 0.555. The van der Waals surface area contributed by atoms with Gasteiger partial charge >= 0.3 is 0 Å². The highest BCUT2D eigenvalue weighted by molar-refractivity contribution is 5.33. The first-order valence-electron chi connectivity index (χ1n) is 5.07. The number of rotatable bonds is 7. The van der Waals surface area contributed by atoms with Crippen molar-refractivity contribution >= 4 is 5.82 Å². The molecular formula is C11H18N2O2. The molecule has 15 heavy (non-hydrogen) atoms. The number of nitrogens with one attached hydrogen (secondary N) is 1. The van der Waals surface area contributed by atoms with Gasteiger partial charge in [-0.15, -0.1) is 0 Å². The molecule has 0 amide bonds. The lowest BCUT2D eigenvalue weighted by molar-refractivity contribution is 0.0911. The van der Waals surface area contributed by atoms with Gasteiger partial charge in [-0.3, -0.25) is 0 Å². The molecule has 4 nitrogen and oxygen atoms in total. The topological polar surface area (TPSA) is 43.4 Å². The Bertz CT molecular complexity index is 279. The van der Waals surface area contributed by atoms with Crippen molar-refractivity contribution in [3.63, 3.8) is 0 Å². The first-order valence-corrected chi connectivity index (χ1v) is 5.07. The number of aromatic nitrogens is 1. The van der Waals surface area contributed by atoms with Crippen molar-refractivity contribution in [1.82, 2.24) is 4.98 Å².